The fraction of sp³-hybridized carbons (Fsp3) is 0.400. The summed E-state index contributed by atoms with van der Waals surface area (Å²) in [5.74, 6) is 1.92. The number of nitrogens with zero attached hydrogens (tertiary/aromatic N) is 1. The summed E-state index contributed by atoms with van der Waals surface area (Å²) in [5.41, 5.74) is 1.56. The van der Waals surface area contributed by atoms with Gasteiger partial charge in [-0.2, -0.15) is 4.72 Å². The predicted molar refractivity (Wildman–Crippen MR) is 110 cm³/mol. The zero-order chi connectivity index (χ0) is 20.0. The van der Waals surface area contributed by atoms with Gasteiger partial charge in [-0.3, -0.25) is 4.79 Å². The van der Waals surface area contributed by atoms with E-state index in [1.54, 1.807) is 23.5 Å². The molecule has 0 bridgehead atoms. The van der Waals surface area contributed by atoms with E-state index >= 15 is 0 Å². The molecule has 0 unspecified atom stereocenters. The number of hydrogen-bond donors (Lipinski definition) is 2. The molecule has 0 atom stereocenters. The lowest BCUT2D eigenvalue weighted by Gasteiger charge is -2.08. The molecule has 1 aromatic heterocycles. The van der Waals surface area contributed by atoms with Gasteiger partial charge >= 0.3 is 0 Å². The van der Waals surface area contributed by atoms with Crippen molar-refractivity contribution in [3.63, 3.8) is 0 Å². The molecule has 0 aliphatic heterocycles. The average molecular weight is 418 g/mol. The number of hydrogen-bond acceptors (Lipinski definition) is 5. The van der Waals surface area contributed by atoms with E-state index in [1.165, 1.54) is 35.5 Å². The second-order valence-electron chi connectivity index (χ2n) is 6.60. The number of fused-ring (bicyclic) bond motifs is 1. The van der Waals surface area contributed by atoms with Gasteiger partial charge in [0.25, 0.3) is 5.91 Å². The maximum Gasteiger partial charge on any atom is 0.251 e. The van der Waals surface area contributed by atoms with Gasteiger partial charge in [-0.25, -0.2) is 13.4 Å². The third-order valence-corrected chi connectivity index (χ3v) is 7.13. The highest BCUT2D eigenvalue weighted by Crippen LogP contribution is 2.27. The van der Waals surface area contributed by atoms with E-state index in [2.05, 4.69) is 16.0 Å². The van der Waals surface area contributed by atoms with Gasteiger partial charge < -0.3 is 5.32 Å². The molecule has 0 radical (unpaired) electrons. The van der Waals surface area contributed by atoms with Crippen molar-refractivity contribution in [2.45, 2.75) is 43.4 Å². The molecule has 1 aromatic carbocycles. The van der Waals surface area contributed by atoms with Crippen molar-refractivity contribution in [1.29, 1.82) is 0 Å². The number of benzene rings is 1. The molecular weight excluding hydrogens is 394 g/mol. The topological polar surface area (TPSA) is 88.2 Å². The van der Waals surface area contributed by atoms with E-state index in [4.69, 9.17) is 11.4 Å². The van der Waals surface area contributed by atoms with Gasteiger partial charge in [0.05, 0.1) is 22.1 Å². The lowest BCUT2D eigenvalue weighted by atomic mass is 10.0. The summed E-state index contributed by atoms with van der Waals surface area (Å²) in [4.78, 5) is 18.5. The molecule has 2 N–H and O–H groups in total. The minimum absolute atomic E-state index is 0.0174. The SMILES string of the molecule is C#CCNS(=O)(=O)c1cccc(C(=O)NCCCc2nc3c(s2)CCCC3)c1. The zero-order valence-electron chi connectivity index (χ0n) is 15.5. The van der Waals surface area contributed by atoms with Gasteiger partial charge in [0.1, 0.15) is 0 Å². The Bertz CT molecular complexity index is 967. The van der Waals surface area contributed by atoms with Gasteiger partial charge in [0.2, 0.25) is 10.0 Å². The number of aryl methyl sites for hydroxylation is 3. The van der Waals surface area contributed by atoms with Crippen molar-refractivity contribution >= 4 is 27.3 Å². The zero-order valence-corrected chi connectivity index (χ0v) is 17.2. The van der Waals surface area contributed by atoms with Gasteiger partial charge in [-0.05, 0) is 50.3 Å². The van der Waals surface area contributed by atoms with E-state index in [-0.39, 0.29) is 17.3 Å². The molecular formula is C20H23N3O3S2. The molecule has 0 saturated heterocycles. The number of amides is 1. The minimum atomic E-state index is -3.72. The van der Waals surface area contributed by atoms with Crippen LogP contribution in [-0.2, 0) is 29.3 Å². The molecule has 0 spiro atoms. The Morgan fingerprint density at radius 2 is 2.11 bits per heavy atom. The number of aromatic nitrogens is 1. The van der Waals surface area contributed by atoms with Crippen LogP contribution in [-0.4, -0.2) is 32.4 Å². The van der Waals surface area contributed by atoms with E-state index < -0.39 is 10.0 Å². The number of sulfonamides is 1. The first kappa shape index (κ1) is 20.5. The molecule has 1 amide bonds. The monoisotopic (exact) mass is 417 g/mol. The maximum atomic E-state index is 12.3. The highest BCUT2D eigenvalue weighted by molar-refractivity contribution is 7.89. The Hall–Kier alpha value is -2.21. The number of thiazole rings is 1. The predicted octanol–water partition coefficient (Wildman–Crippen LogP) is 2.30. The molecule has 28 heavy (non-hydrogen) atoms. The molecule has 0 fully saturated rings. The minimum Gasteiger partial charge on any atom is -0.352 e. The first-order valence-electron chi connectivity index (χ1n) is 9.28. The Balaban J connectivity index is 1.52. The fourth-order valence-electron chi connectivity index (χ4n) is 3.08. The summed E-state index contributed by atoms with van der Waals surface area (Å²) < 4.78 is 26.5. The van der Waals surface area contributed by atoms with Gasteiger partial charge in [0.15, 0.2) is 0 Å². The van der Waals surface area contributed by atoms with E-state index in [1.807, 2.05) is 0 Å². The highest BCUT2D eigenvalue weighted by Gasteiger charge is 2.16. The summed E-state index contributed by atoms with van der Waals surface area (Å²) in [6, 6.07) is 5.91. The molecule has 8 heteroatoms. The lowest BCUT2D eigenvalue weighted by Crippen LogP contribution is -2.26. The second-order valence-corrected chi connectivity index (χ2v) is 9.54. The van der Waals surface area contributed by atoms with Gasteiger partial charge in [-0.1, -0.05) is 12.0 Å². The molecule has 1 aliphatic rings. The summed E-state index contributed by atoms with van der Waals surface area (Å²) in [6.45, 7) is 0.411. The molecule has 3 rings (SSSR count). The molecule has 1 aliphatic carbocycles. The molecule has 0 saturated carbocycles. The third kappa shape index (κ3) is 5.19. The number of nitrogens with one attached hydrogen (secondary N) is 2. The summed E-state index contributed by atoms with van der Waals surface area (Å²) in [6.07, 6.45) is 11.4. The lowest BCUT2D eigenvalue weighted by molar-refractivity contribution is 0.0953. The molecule has 148 valence electrons. The Labute approximate surface area is 169 Å². The van der Waals surface area contributed by atoms with Crippen LogP contribution in [0, 0.1) is 12.3 Å². The normalized spacial score (nSPS) is 13.5. The Morgan fingerprint density at radius 1 is 1.29 bits per heavy atom. The van der Waals surface area contributed by atoms with Crippen molar-refractivity contribution in [3.05, 3.63) is 45.4 Å². The fourth-order valence-corrected chi connectivity index (χ4v) is 5.26. The van der Waals surface area contributed by atoms with Crippen molar-refractivity contribution < 1.29 is 13.2 Å². The Morgan fingerprint density at radius 3 is 2.89 bits per heavy atom. The molecule has 2 aromatic rings. The maximum absolute atomic E-state index is 12.3. The number of terminal acetylenes is 1. The van der Waals surface area contributed by atoms with Crippen LogP contribution in [0.25, 0.3) is 0 Å². The van der Waals surface area contributed by atoms with Crippen molar-refractivity contribution in [3.8, 4) is 12.3 Å². The van der Waals surface area contributed by atoms with E-state index in [9.17, 15) is 13.2 Å². The van der Waals surface area contributed by atoms with Gasteiger partial charge in [-0.15, -0.1) is 17.8 Å². The average Bonchev–Trinajstić information content (AvgIpc) is 3.12. The van der Waals surface area contributed by atoms with E-state index in [0.717, 1.165) is 30.7 Å². The van der Waals surface area contributed by atoms with Gasteiger partial charge in [0, 0.05) is 23.4 Å². The third-order valence-electron chi connectivity index (χ3n) is 4.51. The largest absolute Gasteiger partial charge is 0.352 e. The quantitative estimate of drug-likeness (QED) is 0.510. The summed E-state index contributed by atoms with van der Waals surface area (Å²) in [5, 5.41) is 3.98. The van der Waals surface area contributed by atoms with Crippen LogP contribution >= 0.6 is 11.3 Å². The first-order valence-corrected chi connectivity index (χ1v) is 11.6. The van der Waals surface area contributed by atoms with Crippen LogP contribution in [0.5, 0.6) is 0 Å². The van der Waals surface area contributed by atoms with Crippen LogP contribution < -0.4 is 10.0 Å². The smallest absolute Gasteiger partial charge is 0.251 e. The summed E-state index contributed by atoms with van der Waals surface area (Å²) in [7, 11) is -3.72. The number of carbonyl (C=O) groups is 1. The molecule has 6 nitrogen and oxygen atoms in total. The van der Waals surface area contributed by atoms with Crippen molar-refractivity contribution in [1.82, 2.24) is 15.0 Å². The van der Waals surface area contributed by atoms with Crippen LogP contribution in [0.1, 0.15) is 45.2 Å². The van der Waals surface area contributed by atoms with Crippen LogP contribution in [0.4, 0.5) is 0 Å². The highest BCUT2D eigenvalue weighted by atomic mass is 32.2. The standard InChI is InChI=1S/C20H23N3O3S2/c1-2-12-22-28(25,26)16-8-5-7-15(14-16)20(24)21-13-6-11-19-23-17-9-3-4-10-18(17)27-19/h1,5,7-8,14,22H,3-4,6,9-13H2,(H,21,24). The van der Waals surface area contributed by atoms with Crippen molar-refractivity contribution in [2.24, 2.45) is 0 Å². The van der Waals surface area contributed by atoms with Crippen LogP contribution in [0.2, 0.25) is 0 Å². The number of rotatable bonds is 8. The Kier molecular flexibility index (Phi) is 6.83. The molecule has 1 heterocycles. The van der Waals surface area contributed by atoms with E-state index in [0.29, 0.717) is 12.1 Å². The van der Waals surface area contributed by atoms with Crippen LogP contribution in [0.3, 0.4) is 0 Å². The number of carbonyl (C=O) groups excluding carboxylic acids is 1. The van der Waals surface area contributed by atoms with Crippen LogP contribution in [0.15, 0.2) is 29.2 Å². The second kappa shape index (κ2) is 9.32. The van der Waals surface area contributed by atoms with Crippen molar-refractivity contribution in [2.75, 3.05) is 13.1 Å². The summed E-state index contributed by atoms with van der Waals surface area (Å²) >= 11 is 1.79. The first-order chi connectivity index (χ1) is 13.5.